The van der Waals surface area contributed by atoms with Crippen LogP contribution in [-0.2, 0) is 13.6 Å². The van der Waals surface area contributed by atoms with Gasteiger partial charge in [-0.3, -0.25) is 0 Å². The Labute approximate surface area is 210 Å². The number of nitrogens with one attached hydrogen (secondary N) is 1. The van der Waals surface area contributed by atoms with E-state index >= 15 is 0 Å². The van der Waals surface area contributed by atoms with Crippen molar-refractivity contribution in [2.24, 2.45) is 4.52 Å². The molecule has 2 atom stereocenters. The molecule has 0 saturated heterocycles. The van der Waals surface area contributed by atoms with Crippen LogP contribution >= 0.6 is 24.7 Å². The molecule has 0 spiro atoms. The standard InChI is InChI=1S/C24H33N2O6P3/c1-4-27-33(30-22-16-10-7-11-17-22)25-35(29-6-3,32-24-20-14-9-15-21-24)26-34(28-5-2)31-23-18-12-8-13-19-23/h7-21,25,34-35H,4-6H2,1-3H3. The van der Waals surface area contributed by atoms with Crippen molar-refractivity contribution in [3.63, 3.8) is 0 Å². The third-order valence-corrected chi connectivity index (χ3v) is 11.0. The van der Waals surface area contributed by atoms with E-state index in [-0.39, 0.29) is 0 Å². The Morgan fingerprint density at radius 2 is 1.31 bits per heavy atom. The zero-order chi connectivity index (χ0) is 24.8. The summed E-state index contributed by atoms with van der Waals surface area (Å²) in [5.41, 5.74) is 0. The minimum atomic E-state index is -3.60. The van der Waals surface area contributed by atoms with E-state index in [1.54, 1.807) is 0 Å². The predicted octanol–water partition coefficient (Wildman–Crippen LogP) is 7.79. The minimum absolute atomic E-state index is 0.350. The fourth-order valence-corrected chi connectivity index (χ4v) is 9.26. The van der Waals surface area contributed by atoms with Crippen LogP contribution in [0.5, 0.6) is 17.2 Å². The number of para-hydroxylation sites is 3. The third-order valence-electron chi connectivity index (χ3n) is 4.20. The van der Waals surface area contributed by atoms with Crippen LogP contribution in [0.4, 0.5) is 0 Å². The van der Waals surface area contributed by atoms with E-state index < -0.39 is 24.7 Å². The zero-order valence-electron chi connectivity index (χ0n) is 20.1. The second kappa shape index (κ2) is 15.2. The molecule has 35 heavy (non-hydrogen) atoms. The fourth-order valence-electron chi connectivity index (χ4n) is 2.82. The van der Waals surface area contributed by atoms with E-state index in [4.69, 9.17) is 31.7 Å². The normalized spacial score (nSPS) is 13.7. The molecule has 190 valence electrons. The molecule has 3 aromatic rings. The summed E-state index contributed by atoms with van der Waals surface area (Å²) in [4.78, 5) is 3.35. The van der Waals surface area contributed by atoms with Crippen LogP contribution in [0.25, 0.3) is 0 Å². The summed E-state index contributed by atoms with van der Waals surface area (Å²) < 4.78 is 41.7. The Morgan fingerprint density at radius 3 is 1.86 bits per heavy atom. The first kappa shape index (κ1) is 27.6. The SMILES string of the molecule is CCOP(N[PH](/N=[PH](/OCC)Oc1ccccc1)(OCC)Oc1ccccc1)Oc1ccccc1. The molecule has 8 nitrogen and oxygen atoms in total. The number of hydrogen-bond acceptors (Lipinski definition) is 8. The van der Waals surface area contributed by atoms with Gasteiger partial charge in [-0.05, 0) is 0 Å². The van der Waals surface area contributed by atoms with Crippen LogP contribution in [0.15, 0.2) is 95.5 Å². The number of nitrogens with zero attached hydrogens (tertiary/aromatic N) is 1. The summed E-state index contributed by atoms with van der Waals surface area (Å²) in [7, 11) is -7.46. The summed E-state index contributed by atoms with van der Waals surface area (Å²) in [5, 5.41) is 0. The quantitative estimate of drug-likeness (QED) is 0.198. The van der Waals surface area contributed by atoms with Crippen LogP contribution in [0.3, 0.4) is 0 Å². The zero-order valence-corrected chi connectivity index (χ0v) is 23.0. The van der Waals surface area contributed by atoms with Crippen molar-refractivity contribution in [1.29, 1.82) is 0 Å². The van der Waals surface area contributed by atoms with Gasteiger partial charge in [-0.15, -0.1) is 0 Å². The molecule has 0 amide bonds. The van der Waals surface area contributed by atoms with Gasteiger partial charge in [0.15, 0.2) is 0 Å². The molecule has 3 rings (SSSR count). The van der Waals surface area contributed by atoms with Gasteiger partial charge in [-0.2, -0.15) is 0 Å². The average molecular weight is 538 g/mol. The van der Waals surface area contributed by atoms with Gasteiger partial charge < -0.3 is 0 Å². The summed E-state index contributed by atoms with van der Waals surface area (Å²) in [6.45, 7) is 6.89. The number of benzene rings is 3. The molecule has 0 aliphatic carbocycles. The maximum atomic E-state index is 6.43. The van der Waals surface area contributed by atoms with Crippen LogP contribution < -0.4 is 18.4 Å². The second-order valence-electron chi connectivity index (χ2n) is 6.85. The van der Waals surface area contributed by atoms with Gasteiger partial charge in [0.1, 0.15) is 0 Å². The topological polar surface area (TPSA) is 79.8 Å². The van der Waals surface area contributed by atoms with Crippen molar-refractivity contribution in [2.45, 2.75) is 20.8 Å². The first-order valence-electron chi connectivity index (χ1n) is 11.4. The van der Waals surface area contributed by atoms with Gasteiger partial charge in [-0.25, -0.2) is 0 Å². The Kier molecular flexibility index (Phi) is 12.0. The Bertz CT molecular complexity index is 1020. The Balaban J connectivity index is 1.99. The summed E-state index contributed by atoms with van der Waals surface area (Å²) in [5.74, 6) is 1.92. The Hall–Kier alpha value is -2.01. The van der Waals surface area contributed by atoms with Crippen molar-refractivity contribution < 1.29 is 27.1 Å². The van der Waals surface area contributed by atoms with Gasteiger partial charge in [0, 0.05) is 0 Å². The molecule has 0 heterocycles. The molecule has 0 aromatic heterocycles. The maximum absolute atomic E-state index is 6.43. The molecule has 1 N–H and O–H groups in total. The fraction of sp³-hybridized carbons (Fsp3) is 0.250. The van der Waals surface area contributed by atoms with Crippen molar-refractivity contribution in [3.05, 3.63) is 91.0 Å². The molecule has 0 aliphatic rings. The summed E-state index contributed by atoms with van der Waals surface area (Å²) in [6.07, 6.45) is 0. The van der Waals surface area contributed by atoms with E-state index in [0.717, 1.165) is 0 Å². The molecular formula is C24H33N2O6P3. The molecule has 0 saturated carbocycles. The molecule has 2 unspecified atom stereocenters. The van der Waals surface area contributed by atoms with Crippen LogP contribution in [0, 0.1) is 0 Å². The van der Waals surface area contributed by atoms with Gasteiger partial charge in [-0.1, -0.05) is 0 Å². The van der Waals surface area contributed by atoms with Gasteiger partial charge in [0.05, 0.1) is 0 Å². The molecule has 0 aliphatic heterocycles. The first-order chi connectivity index (χ1) is 17.2. The van der Waals surface area contributed by atoms with Gasteiger partial charge >= 0.3 is 210 Å². The van der Waals surface area contributed by atoms with E-state index in [2.05, 4.69) is 4.86 Å². The second-order valence-corrected chi connectivity index (χ2v) is 12.3. The van der Waals surface area contributed by atoms with Crippen molar-refractivity contribution in [2.75, 3.05) is 19.8 Å². The van der Waals surface area contributed by atoms with E-state index in [9.17, 15) is 0 Å². The van der Waals surface area contributed by atoms with Crippen LogP contribution in [0.2, 0.25) is 0 Å². The summed E-state index contributed by atoms with van der Waals surface area (Å²) >= 11 is 0. The van der Waals surface area contributed by atoms with E-state index in [0.29, 0.717) is 37.1 Å². The molecule has 3 aromatic carbocycles. The third kappa shape index (κ3) is 9.51. The van der Waals surface area contributed by atoms with E-state index in [1.807, 2.05) is 112 Å². The molecule has 0 bridgehead atoms. The molecule has 0 radical (unpaired) electrons. The monoisotopic (exact) mass is 538 g/mol. The van der Waals surface area contributed by atoms with Crippen LogP contribution in [0.1, 0.15) is 20.8 Å². The van der Waals surface area contributed by atoms with Gasteiger partial charge in [0.2, 0.25) is 0 Å². The molecule has 11 heteroatoms. The molecular weight excluding hydrogens is 505 g/mol. The number of hydrogen-bond donors (Lipinski definition) is 1. The first-order valence-corrected chi connectivity index (χ1v) is 15.6. The summed E-state index contributed by atoms with van der Waals surface area (Å²) in [6, 6.07) is 28.3. The van der Waals surface area contributed by atoms with Crippen molar-refractivity contribution in [1.82, 2.24) is 4.86 Å². The molecule has 0 fully saturated rings. The average Bonchev–Trinajstić information content (AvgIpc) is 2.86. The predicted molar refractivity (Wildman–Crippen MR) is 145 cm³/mol. The van der Waals surface area contributed by atoms with Gasteiger partial charge in [0.25, 0.3) is 0 Å². The number of rotatable bonds is 15. The Morgan fingerprint density at radius 1 is 0.743 bits per heavy atom. The van der Waals surface area contributed by atoms with Crippen molar-refractivity contribution in [3.8, 4) is 17.2 Å². The van der Waals surface area contributed by atoms with Crippen molar-refractivity contribution >= 4 is 24.7 Å². The van der Waals surface area contributed by atoms with E-state index in [1.165, 1.54) is 0 Å². The van der Waals surface area contributed by atoms with Crippen LogP contribution in [-0.4, -0.2) is 19.8 Å².